The number of aromatic nitrogens is 4. The summed E-state index contributed by atoms with van der Waals surface area (Å²) < 4.78 is 3.54. The minimum absolute atomic E-state index is 0.0415. The lowest BCUT2D eigenvalue weighted by molar-refractivity contribution is -0.121. The van der Waals surface area contributed by atoms with Gasteiger partial charge >= 0.3 is 0 Å². The first kappa shape index (κ1) is 19.2. The lowest BCUT2D eigenvalue weighted by Gasteiger charge is -2.12. The van der Waals surface area contributed by atoms with Crippen LogP contribution in [-0.4, -0.2) is 38.0 Å². The topological polar surface area (TPSA) is 81.8 Å². The third-order valence-corrected chi connectivity index (χ3v) is 4.30. The third kappa shape index (κ3) is 5.74. The van der Waals surface area contributed by atoms with Crippen LogP contribution in [-0.2, 0) is 24.3 Å². The Bertz CT molecular complexity index is 753. The first-order valence-electron chi connectivity index (χ1n) is 8.39. The fourth-order valence-electron chi connectivity index (χ4n) is 2.48. The zero-order chi connectivity index (χ0) is 18.2. The molecular weight excluding hydrogens is 338 g/mol. The van der Waals surface area contributed by atoms with Crippen molar-refractivity contribution in [1.29, 1.82) is 0 Å². The van der Waals surface area contributed by atoms with Crippen molar-refractivity contribution in [3.05, 3.63) is 40.6 Å². The quantitative estimate of drug-likeness (QED) is 0.540. The van der Waals surface area contributed by atoms with Gasteiger partial charge in [0.1, 0.15) is 12.4 Å². The van der Waals surface area contributed by atoms with E-state index in [1.165, 1.54) is 10.6 Å². The predicted molar refractivity (Wildman–Crippen MR) is 98.7 cm³/mol. The number of nitrogens with zero attached hydrogens (tertiary/aromatic N) is 4. The molecule has 0 atom stereocenters. The average Bonchev–Trinajstić information content (AvgIpc) is 2.95. The van der Waals surface area contributed by atoms with Crippen molar-refractivity contribution in [3.63, 3.8) is 0 Å². The van der Waals surface area contributed by atoms with Crippen LogP contribution in [0.15, 0.2) is 34.3 Å². The highest BCUT2D eigenvalue weighted by Gasteiger charge is 2.12. The SMILES string of the molecule is CSc1nnc(CCCNC(=O)Cn2ccccc2=O)n1CC(C)C. The number of rotatable bonds is 9. The maximum absolute atomic E-state index is 11.9. The molecule has 0 unspecified atom stereocenters. The molecule has 0 aliphatic heterocycles. The molecule has 7 nitrogen and oxygen atoms in total. The van der Waals surface area contributed by atoms with E-state index in [2.05, 4.69) is 33.9 Å². The van der Waals surface area contributed by atoms with Crippen molar-refractivity contribution < 1.29 is 4.79 Å². The molecule has 0 radical (unpaired) electrons. The maximum Gasteiger partial charge on any atom is 0.250 e. The van der Waals surface area contributed by atoms with E-state index in [0.29, 0.717) is 12.5 Å². The molecule has 0 saturated carbocycles. The van der Waals surface area contributed by atoms with Crippen molar-refractivity contribution in [3.8, 4) is 0 Å². The van der Waals surface area contributed by atoms with E-state index in [1.807, 2.05) is 6.26 Å². The largest absolute Gasteiger partial charge is 0.355 e. The Labute approximate surface area is 151 Å². The van der Waals surface area contributed by atoms with Gasteiger partial charge in [0.05, 0.1) is 0 Å². The van der Waals surface area contributed by atoms with E-state index in [1.54, 1.807) is 30.1 Å². The molecular formula is C17H25N5O2S. The van der Waals surface area contributed by atoms with Crippen LogP contribution >= 0.6 is 11.8 Å². The van der Waals surface area contributed by atoms with Crippen LogP contribution in [0.25, 0.3) is 0 Å². The molecule has 2 rings (SSSR count). The van der Waals surface area contributed by atoms with Gasteiger partial charge in [0.15, 0.2) is 5.16 Å². The molecule has 0 aliphatic rings. The van der Waals surface area contributed by atoms with Crippen LogP contribution in [0.3, 0.4) is 0 Å². The van der Waals surface area contributed by atoms with Crippen molar-refractivity contribution in [2.45, 2.75) is 44.9 Å². The van der Waals surface area contributed by atoms with Crippen molar-refractivity contribution in [2.75, 3.05) is 12.8 Å². The molecule has 2 aromatic rings. The first-order valence-corrected chi connectivity index (χ1v) is 9.62. The van der Waals surface area contributed by atoms with E-state index in [4.69, 9.17) is 0 Å². The summed E-state index contributed by atoms with van der Waals surface area (Å²) in [5.41, 5.74) is -0.177. The fourth-order valence-corrected chi connectivity index (χ4v) is 3.00. The number of hydrogen-bond acceptors (Lipinski definition) is 5. The zero-order valence-corrected chi connectivity index (χ0v) is 15.8. The average molecular weight is 363 g/mol. The molecule has 1 N–H and O–H groups in total. The van der Waals surface area contributed by atoms with Crippen molar-refractivity contribution in [1.82, 2.24) is 24.6 Å². The van der Waals surface area contributed by atoms with Gasteiger partial charge in [-0.3, -0.25) is 9.59 Å². The number of nitrogens with one attached hydrogen (secondary N) is 1. The summed E-state index contributed by atoms with van der Waals surface area (Å²) >= 11 is 1.59. The summed E-state index contributed by atoms with van der Waals surface area (Å²) in [6, 6.07) is 4.84. The highest BCUT2D eigenvalue weighted by atomic mass is 32.2. The van der Waals surface area contributed by atoms with Crippen molar-refractivity contribution >= 4 is 17.7 Å². The van der Waals surface area contributed by atoms with E-state index in [9.17, 15) is 9.59 Å². The van der Waals surface area contributed by atoms with Crippen LogP contribution in [0.1, 0.15) is 26.1 Å². The monoisotopic (exact) mass is 363 g/mol. The Morgan fingerprint density at radius 2 is 2.12 bits per heavy atom. The molecule has 2 aromatic heterocycles. The summed E-state index contributed by atoms with van der Waals surface area (Å²) in [5, 5.41) is 12.3. The van der Waals surface area contributed by atoms with Gasteiger partial charge in [-0.15, -0.1) is 10.2 Å². The fraction of sp³-hybridized carbons (Fsp3) is 0.529. The Balaban J connectivity index is 1.81. The van der Waals surface area contributed by atoms with Gasteiger partial charge in [0.25, 0.3) is 5.56 Å². The predicted octanol–water partition coefficient (Wildman–Crippen LogP) is 1.57. The number of aryl methyl sites for hydroxylation is 1. The van der Waals surface area contributed by atoms with Gasteiger partial charge in [-0.2, -0.15) is 0 Å². The highest BCUT2D eigenvalue weighted by molar-refractivity contribution is 7.98. The number of thioether (sulfide) groups is 1. The lowest BCUT2D eigenvalue weighted by atomic mass is 10.2. The molecule has 2 heterocycles. The minimum atomic E-state index is -0.177. The number of amides is 1. The van der Waals surface area contributed by atoms with E-state index in [-0.39, 0.29) is 18.0 Å². The Hall–Kier alpha value is -2.09. The Kier molecular flexibility index (Phi) is 7.24. The van der Waals surface area contributed by atoms with Crippen LogP contribution in [0.4, 0.5) is 0 Å². The molecule has 0 saturated heterocycles. The van der Waals surface area contributed by atoms with Gasteiger partial charge in [-0.25, -0.2) is 0 Å². The minimum Gasteiger partial charge on any atom is -0.355 e. The smallest absolute Gasteiger partial charge is 0.250 e. The third-order valence-electron chi connectivity index (χ3n) is 3.64. The molecule has 0 bridgehead atoms. The van der Waals surface area contributed by atoms with E-state index in [0.717, 1.165) is 30.4 Å². The molecule has 0 fully saturated rings. The zero-order valence-electron chi connectivity index (χ0n) is 14.9. The van der Waals surface area contributed by atoms with Crippen LogP contribution in [0.2, 0.25) is 0 Å². The Morgan fingerprint density at radius 3 is 2.80 bits per heavy atom. The first-order chi connectivity index (χ1) is 12.0. The second kappa shape index (κ2) is 9.41. The van der Waals surface area contributed by atoms with Crippen LogP contribution < -0.4 is 10.9 Å². The van der Waals surface area contributed by atoms with Gasteiger partial charge in [-0.1, -0.05) is 31.7 Å². The standard InChI is InChI=1S/C17H25N5O2S/c1-13(2)11-22-14(19-20-17(22)25-3)7-6-9-18-15(23)12-21-10-5-4-8-16(21)24/h4-5,8,10,13H,6-7,9,11-12H2,1-3H3,(H,18,23). The number of carbonyl (C=O) groups is 1. The van der Waals surface area contributed by atoms with Crippen LogP contribution in [0, 0.1) is 5.92 Å². The second-order valence-electron chi connectivity index (χ2n) is 6.23. The molecule has 8 heteroatoms. The molecule has 136 valence electrons. The van der Waals surface area contributed by atoms with Crippen molar-refractivity contribution in [2.24, 2.45) is 5.92 Å². The molecule has 0 aromatic carbocycles. The maximum atomic E-state index is 11.9. The molecule has 25 heavy (non-hydrogen) atoms. The summed E-state index contributed by atoms with van der Waals surface area (Å²) in [6.45, 7) is 5.81. The summed E-state index contributed by atoms with van der Waals surface area (Å²) in [4.78, 5) is 23.5. The van der Waals surface area contributed by atoms with Gasteiger partial charge in [0.2, 0.25) is 5.91 Å². The van der Waals surface area contributed by atoms with E-state index < -0.39 is 0 Å². The number of pyridine rings is 1. The number of carbonyl (C=O) groups excluding carboxylic acids is 1. The highest BCUT2D eigenvalue weighted by Crippen LogP contribution is 2.16. The molecule has 0 aliphatic carbocycles. The van der Waals surface area contributed by atoms with Crippen LogP contribution in [0.5, 0.6) is 0 Å². The van der Waals surface area contributed by atoms with Gasteiger partial charge < -0.3 is 14.5 Å². The normalized spacial score (nSPS) is 11.0. The van der Waals surface area contributed by atoms with Gasteiger partial charge in [0, 0.05) is 31.8 Å². The molecule has 1 amide bonds. The Morgan fingerprint density at radius 1 is 1.32 bits per heavy atom. The van der Waals surface area contributed by atoms with E-state index >= 15 is 0 Å². The summed E-state index contributed by atoms with van der Waals surface area (Å²) in [6.07, 6.45) is 5.14. The molecule has 0 spiro atoms. The number of hydrogen-bond donors (Lipinski definition) is 1. The second-order valence-corrected chi connectivity index (χ2v) is 7.00. The summed E-state index contributed by atoms with van der Waals surface area (Å²) in [7, 11) is 0. The lowest BCUT2D eigenvalue weighted by Crippen LogP contribution is -2.32. The summed E-state index contributed by atoms with van der Waals surface area (Å²) in [5.74, 6) is 1.30. The van der Waals surface area contributed by atoms with Gasteiger partial charge in [-0.05, 0) is 24.7 Å².